The third-order valence-corrected chi connectivity index (χ3v) is 6.35. The molecule has 0 atom stereocenters. The van der Waals surface area contributed by atoms with Gasteiger partial charge in [-0.2, -0.15) is 13.2 Å². The lowest BCUT2D eigenvalue weighted by atomic mass is 10.1. The molecule has 0 aliphatic heterocycles. The first-order chi connectivity index (χ1) is 18.5. The molecule has 204 valence electrons. The van der Waals surface area contributed by atoms with Crippen LogP contribution in [0.1, 0.15) is 57.5 Å². The molecule has 3 aromatic rings. The van der Waals surface area contributed by atoms with Crippen molar-refractivity contribution in [2.45, 2.75) is 44.8 Å². The highest BCUT2D eigenvalue weighted by atomic mass is 19.4. The smallest absolute Gasteiger partial charge is 0.421 e. The lowest BCUT2D eigenvalue weighted by Crippen LogP contribution is -2.44. The van der Waals surface area contributed by atoms with E-state index in [9.17, 15) is 32.7 Å². The van der Waals surface area contributed by atoms with Gasteiger partial charge in [0.2, 0.25) is 11.8 Å². The monoisotopic (exact) mass is 541 g/mol. The standard InChI is InChI=1S/C28H26F3N3O5/c1-17-8-10-18(11-9-17)26(36)34(16-24(35)33-19-5-2-3-6-19)23-13-12-20(15-21(23)27(37)38)39-25-22(28(29,30)31)7-4-14-32-25/h4,7-15,19H,2-3,5-6,16H2,1H3,(H,33,35)(H,37,38). The summed E-state index contributed by atoms with van der Waals surface area (Å²) in [6.45, 7) is 1.39. The van der Waals surface area contributed by atoms with Crippen molar-refractivity contribution in [3.63, 3.8) is 0 Å². The van der Waals surface area contributed by atoms with Crippen LogP contribution in [0.5, 0.6) is 11.6 Å². The molecule has 8 nitrogen and oxygen atoms in total. The highest BCUT2D eigenvalue weighted by Gasteiger charge is 2.35. The molecule has 1 saturated carbocycles. The minimum atomic E-state index is -4.75. The van der Waals surface area contributed by atoms with Crippen molar-refractivity contribution in [3.05, 3.63) is 83.0 Å². The van der Waals surface area contributed by atoms with Crippen molar-refractivity contribution in [1.82, 2.24) is 10.3 Å². The largest absolute Gasteiger partial charge is 0.478 e. The Morgan fingerprint density at radius 3 is 2.41 bits per heavy atom. The molecule has 2 aromatic carbocycles. The number of pyridine rings is 1. The van der Waals surface area contributed by atoms with Crippen LogP contribution < -0.4 is 15.0 Å². The number of ether oxygens (including phenoxy) is 1. The van der Waals surface area contributed by atoms with Crippen LogP contribution in [-0.2, 0) is 11.0 Å². The summed E-state index contributed by atoms with van der Waals surface area (Å²) in [6.07, 6.45) is -0.0398. The van der Waals surface area contributed by atoms with Crippen molar-refractivity contribution in [2.75, 3.05) is 11.4 Å². The Kier molecular flexibility index (Phi) is 8.18. The topological polar surface area (TPSA) is 109 Å². The van der Waals surface area contributed by atoms with Gasteiger partial charge in [0.05, 0.1) is 11.3 Å². The zero-order chi connectivity index (χ0) is 28.2. The fourth-order valence-corrected chi connectivity index (χ4v) is 4.39. The average molecular weight is 542 g/mol. The molecule has 0 spiro atoms. The SMILES string of the molecule is Cc1ccc(C(=O)N(CC(=O)NC2CCCC2)c2ccc(Oc3ncccc3C(F)(F)F)cc2C(=O)O)cc1. The van der Waals surface area contributed by atoms with Crippen LogP contribution in [0.25, 0.3) is 0 Å². The van der Waals surface area contributed by atoms with Gasteiger partial charge in [-0.05, 0) is 62.2 Å². The second kappa shape index (κ2) is 11.5. The van der Waals surface area contributed by atoms with E-state index in [1.165, 1.54) is 12.1 Å². The van der Waals surface area contributed by atoms with Crippen LogP contribution in [0.15, 0.2) is 60.8 Å². The third-order valence-electron chi connectivity index (χ3n) is 6.35. The summed E-state index contributed by atoms with van der Waals surface area (Å²) in [7, 11) is 0. The van der Waals surface area contributed by atoms with Gasteiger partial charge in [0.25, 0.3) is 5.91 Å². The molecule has 2 amide bonds. The van der Waals surface area contributed by atoms with E-state index in [1.807, 2.05) is 6.92 Å². The Balaban J connectivity index is 1.70. The van der Waals surface area contributed by atoms with Gasteiger partial charge in [0.15, 0.2) is 0 Å². The lowest BCUT2D eigenvalue weighted by molar-refractivity contribution is -0.138. The van der Waals surface area contributed by atoms with Gasteiger partial charge in [0, 0.05) is 17.8 Å². The number of carboxylic acid groups (broad SMARTS) is 1. The number of halogens is 3. The van der Waals surface area contributed by atoms with Crippen LogP contribution in [0.3, 0.4) is 0 Å². The maximum atomic E-state index is 13.5. The Morgan fingerprint density at radius 1 is 1.08 bits per heavy atom. The van der Waals surface area contributed by atoms with Crippen molar-refractivity contribution in [3.8, 4) is 11.6 Å². The van der Waals surface area contributed by atoms with E-state index in [-0.39, 0.29) is 23.0 Å². The molecule has 1 aliphatic rings. The molecule has 0 bridgehead atoms. The predicted molar refractivity (Wildman–Crippen MR) is 136 cm³/mol. The lowest BCUT2D eigenvalue weighted by Gasteiger charge is -2.25. The van der Waals surface area contributed by atoms with Gasteiger partial charge in [0.1, 0.15) is 17.9 Å². The molecule has 39 heavy (non-hydrogen) atoms. The number of carbonyl (C=O) groups is 3. The molecule has 0 radical (unpaired) electrons. The Bertz CT molecular complexity index is 1370. The molecule has 2 N–H and O–H groups in total. The number of alkyl halides is 3. The molecule has 0 saturated heterocycles. The van der Waals surface area contributed by atoms with Crippen molar-refractivity contribution in [1.29, 1.82) is 0 Å². The summed E-state index contributed by atoms with van der Waals surface area (Å²) >= 11 is 0. The van der Waals surface area contributed by atoms with Crippen molar-refractivity contribution in [2.24, 2.45) is 0 Å². The van der Waals surface area contributed by atoms with Crippen LogP contribution in [0, 0.1) is 6.92 Å². The maximum Gasteiger partial charge on any atom is 0.421 e. The number of rotatable bonds is 8. The first-order valence-corrected chi connectivity index (χ1v) is 12.3. The fourth-order valence-electron chi connectivity index (χ4n) is 4.39. The zero-order valence-electron chi connectivity index (χ0n) is 21.0. The van der Waals surface area contributed by atoms with Crippen LogP contribution in [0.2, 0.25) is 0 Å². The van der Waals surface area contributed by atoms with Gasteiger partial charge >= 0.3 is 12.1 Å². The Morgan fingerprint density at radius 2 is 1.77 bits per heavy atom. The summed E-state index contributed by atoms with van der Waals surface area (Å²) < 4.78 is 45.4. The van der Waals surface area contributed by atoms with Gasteiger partial charge in [-0.15, -0.1) is 0 Å². The number of nitrogens with zero attached hydrogens (tertiary/aromatic N) is 2. The minimum absolute atomic E-state index is 0.0234. The normalized spacial score (nSPS) is 13.6. The number of nitrogens with one attached hydrogen (secondary N) is 1. The number of aromatic nitrogens is 1. The number of hydrogen-bond acceptors (Lipinski definition) is 5. The molecular weight excluding hydrogens is 515 g/mol. The summed E-state index contributed by atoms with van der Waals surface area (Å²) in [6, 6.07) is 11.9. The predicted octanol–water partition coefficient (Wildman–Crippen LogP) is 5.60. The highest BCUT2D eigenvalue weighted by Crippen LogP contribution is 2.37. The molecule has 1 heterocycles. The molecular formula is C28H26F3N3O5. The van der Waals surface area contributed by atoms with Crippen LogP contribution in [-0.4, -0.2) is 40.5 Å². The third kappa shape index (κ3) is 6.73. The number of aromatic carboxylic acids is 1. The Labute approximate surface area is 222 Å². The van der Waals surface area contributed by atoms with Gasteiger partial charge in [-0.1, -0.05) is 30.5 Å². The Hall–Kier alpha value is -4.41. The summed E-state index contributed by atoms with van der Waals surface area (Å²) in [5.74, 6) is -3.53. The molecule has 1 fully saturated rings. The summed E-state index contributed by atoms with van der Waals surface area (Å²) in [5, 5.41) is 12.8. The zero-order valence-corrected chi connectivity index (χ0v) is 21.0. The summed E-state index contributed by atoms with van der Waals surface area (Å²) in [5.41, 5.74) is -0.553. The summed E-state index contributed by atoms with van der Waals surface area (Å²) in [4.78, 5) is 43.3. The maximum absolute atomic E-state index is 13.5. The molecule has 1 aromatic heterocycles. The number of amides is 2. The minimum Gasteiger partial charge on any atom is -0.478 e. The quantitative estimate of drug-likeness (QED) is 0.384. The second-order valence-electron chi connectivity index (χ2n) is 9.25. The van der Waals surface area contributed by atoms with E-state index in [0.717, 1.165) is 60.5 Å². The first kappa shape index (κ1) is 27.6. The van der Waals surface area contributed by atoms with Crippen molar-refractivity contribution < 1.29 is 37.4 Å². The molecule has 1 aliphatic carbocycles. The molecule has 4 rings (SSSR count). The van der Waals surface area contributed by atoms with Gasteiger partial charge < -0.3 is 15.2 Å². The van der Waals surface area contributed by atoms with E-state index in [0.29, 0.717) is 0 Å². The number of anilines is 1. The molecule has 0 unspecified atom stereocenters. The highest BCUT2D eigenvalue weighted by molar-refractivity contribution is 6.11. The number of carbonyl (C=O) groups excluding carboxylic acids is 2. The number of hydrogen-bond donors (Lipinski definition) is 2. The first-order valence-electron chi connectivity index (χ1n) is 12.3. The second-order valence-corrected chi connectivity index (χ2v) is 9.25. The van der Waals surface area contributed by atoms with Crippen LogP contribution in [0.4, 0.5) is 18.9 Å². The van der Waals surface area contributed by atoms with E-state index < -0.39 is 47.5 Å². The van der Waals surface area contributed by atoms with Gasteiger partial charge in [-0.3, -0.25) is 14.5 Å². The van der Waals surface area contributed by atoms with Crippen LogP contribution >= 0.6 is 0 Å². The fraction of sp³-hybridized carbons (Fsp3) is 0.286. The molecule has 11 heteroatoms. The van der Waals surface area contributed by atoms with Crippen molar-refractivity contribution >= 4 is 23.5 Å². The number of carboxylic acids is 1. The van der Waals surface area contributed by atoms with Gasteiger partial charge in [-0.25, -0.2) is 9.78 Å². The van der Waals surface area contributed by atoms with E-state index in [1.54, 1.807) is 24.3 Å². The number of aryl methyl sites for hydroxylation is 1. The van der Waals surface area contributed by atoms with E-state index in [2.05, 4.69) is 10.3 Å². The number of benzene rings is 2. The van der Waals surface area contributed by atoms with E-state index >= 15 is 0 Å². The average Bonchev–Trinajstić information content (AvgIpc) is 3.40. The van der Waals surface area contributed by atoms with E-state index in [4.69, 9.17) is 4.74 Å².